The number of hydrogen-bond donors (Lipinski definition) is 1. The van der Waals surface area contributed by atoms with Crippen molar-refractivity contribution in [1.29, 1.82) is 0 Å². The SMILES string of the molecule is CNC1CCC(C#CCCCCl)CC1. The Morgan fingerprint density at radius 3 is 2.57 bits per heavy atom. The molecule has 0 bridgehead atoms. The molecule has 0 unspecified atom stereocenters. The summed E-state index contributed by atoms with van der Waals surface area (Å²) in [6.07, 6.45) is 7.09. The van der Waals surface area contributed by atoms with Gasteiger partial charge in [0, 0.05) is 24.3 Å². The predicted octanol–water partition coefficient (Wildman–Crippen LogP) is 2.79. The summed E-state index contributed by atoms with van der Waals surface area (Å²) >= 11 is 5.58. The summed E-state index contributed by atoms with van der Waals surface area (Å²) in [7, 11) is 2.05. The average Bonchev–Trinajstić information content (AvgIpc) is 2.25. The van der Waals surface area contributed by atoms with Crippen molar-refractivity contribution >= 4 is 11.6 Å². The van der Waals surface area contributed by atoms with Crippen LogP contribution >= 0.6 is 11.6 Å². The summed E-state index contributed by atoms with van der Waals surface area (Å²) in [4.78, 5) is 0. The van der Waals surface area contributed by atoms with Gasteiger partial charge in [-0.05, 0) is 39.2 Å². The highest BCUT2D eigenvalue weighted by Gasteiger charge is 2.17. The standard InChI is InChI=1S/C12H20ClN/c1-14-12-8-6-11(7-9-12)5-3-2-4-10-13/h11-12,14H,2,4,6-10H2,1H3. The van der Waals surface area contributed by atoms with Gasteiger partial charge in [0.15, 0.2) is 0 Å². The van der Waals surface area contributed by atoms with E-state index in [1.54, 1.807) is 0 Å². The first-order valence-electron chi connectivity index (χ1n) is 5.58. The highest BCUT2D eigenvalue weighted by atomic mass is 35.5. The third-order valence-corrected chi connectivity index (χ3v) is 3.14. The summed E-state index contributed by atoms with van der Waals surface area (Å²) in [6, 6.07) is 0.732. The lowest BCUT2D eigenvalue weighted by Gasteiger charge is -2.24. The Morgan fingerprint density at radius 2 is 2.00 bits per heavy atom. The Bertz CT molecular complexity index is 196. The van der Waals surface area contributed by atoms with Gasteiger partial charge in [-0.15, -0.1) is 17.5 Å². The fraction of sp³-hybridized carbons (Fsp3) is 0.833. The minimum absolute atomic E-state index is 0.648. The Morgan fingerprint density at radius 1 is 1.29 bits per heavy atom. The van der Waals surface area contributed by atoms with Crippen LogP contribution in [0.25, 0.3) is 0 Å². The molecule has 1 fully saturated rings. The second-order valence-electron chi connectivity index (χ2n) is 3.95. The van der Waals surface area contributed by atoms with Crippen molar-refractivity contribution in [1.82, 2.24) is 5.32 Å². The molecule has 0 amide bonds. The zero-order valence-corrected chi connectivity index (χ0v) is 9.74. The molecule has 0 spiro atoms. The molecule has 0 heterocycles. The lowest BCUT2D eigenvalue weighted by Crippen LogP contribution is -2.29. The highest BCUT2D eigenvalue weighted by molar-refractivity contribution is 6.17. The molecule has 0 atom stereocenters. The number of alkyl halides is 1. The second kappa shape index (κ2) is 7.15. The van der Waals surface area contributed by atoms with Crippen LogP contribution < -0.4 is 5.32 Å². The summed E-state index contributed by atoms with van der Waals surface area (Å²) in [5, 5.41) is 3.34. The van der Waals surface area contributed by atoms with Gasteiger partial charge in [-0.2, -0.15) is 0 Å². The molecule has 1 N–H and O–H groups in total. The Labute approximate surface area is 92.6 Å². The minimum Gasteiger partial charge on any atom is -0.317 e. The number of hydrogen-bond acceptors (Lipinski definition) is 1. The average molecular weight is 214 g/mol. The van der Waals surface area contributed by atoms with Crippen LogP contribution in [-0.2, 0) is 0 Å². The molecule has 1 aliphatic carbocycles. The zero-order valence-electron chi connectivity index (χ0n) is 8.98. The van der Waals surface area contributed by atoms with Crippen LogP contribution in [0.4, 0.5) is 0 Å². The van der Waals surface area contributed by atoms with Gasteiger partial charge in [0.25, 0.3) is 0 Å². The Hall–Kier alpha value is -0.190. The van der Waals surface area contributed by atoms with E-state index in [2.05, 4.69) is 24.2 Å². The molecule has 0 aliphatic heterocycles. The van der Waals surface area contributed by atoms with E-state index in [9.17, 15) is 0 Å². The number of halogens is 1. The van der Waals surface area contributed by atoms with Crippen LogP contribution in [0, 0.1) is 17.8 Å². The summed E-state index contributed by atoms with van der Waals surface area (Å²) < 4.78 is 0. The molecule has 1 nitrogen and oxygen atoms in total. The quantitative estimate of drug-likeness (QED) is 0.432. The van der Waals surface area contributed by atoms with Crippen LogP contribution in [0.2, 0.25) is 0 Å². The van der Waals surface area contributed by atoms with E-state index in [4.69, 9.17) is 11.6 Å². The van der Waals surface area contributed by atoms with Crippen molar-refractivity contribution in [2.24, 2.45) is 5.92 Å². The van der Waals surface area contributed by atoms with Gasteiger partial charge in [0.1, 0.15) is 0 Å². The lowest BCUT2D eigenvalue weighted by molar-refractivity contribution is 0.349. The highest BCUT2D eigenvalue weighted by Crippen LogP contribution is 2.23. The van der Waals surface area contributed by atoms with Crippen LogP contribution in [0.15, 0.2) is 0 Å². The van der Waals surface area contributed by atoms with Crippen LogP contribution in [0.3, 0.4) is 0 Å². The molecule has 0 saturated heterocycles. The molecule has 80 valence electrons. The van der Waals surface area contributed by atoms with Gasteiger partial charge in [0.2, 0.25) is 0 Å². The Balaban J connectivity index is 2.17. The van der Waals surface area contributed by atoms with E-state index in [1.807, 2.05) is 0 Å². The number of rotatable bonds is 3. The van der Waals surface area contributed by atoms with E-state index in [0.29, 0.717) is 5.92 Å². The van der Waals surface area contributed by atoms with E-state index in [1.165, 1.54) is 25.7 Å². The van der Waals surface area contributed by atoms with Gasteiger partial charge >= 0.3 is 0 Å². The van der Waals surface area contributed by atoms with E-state index >= 15 is 0 Å². The maximum atomic E-state index is 5.58. The molecule has 1 aliphatic rings. The first-order chi connectivity index (χ1) is 6.86. The number of unbranched alkanes of at least 4 members (excludes halogenated alkanes) is 1. The molecule has 1 rings (SSSR count). The molecule has 0 radical (unpaired) electrons. The van der Waals surface area contributed by atoms with Crippen LogP contribution in [0.5, 0.6) is 0 Å². The van der Waals surface area contributed by atoms with E-state index in [0.717, 1.165) is 24.8 Å². The first-order valence-corrected chi connectivity index (χ1v) is 6.12. The van der Waals surface area contributed by atoms with Crippen molar-refractivity contribution in [3.63, 3.8) is 0 Å². The van der Waals surface area contributed by atoms with Crippen molar-refractivity contribution in [2.75, 3.05) is 12.9 Å². The van der Waals surface area contributed by atoms with Crippen LogP contribution in [-0.4, -0.2) is 19.0 Å². The molecule has 14 heavy (non-hydrogen) atoms. The summed E-state index contributed by atoms with van der Waals surface area (Å²) in [5.41, 5.74) is 0. The van der Waals surface area contributed by atoms with Crippen molar-refractivity contribution < 1.29 is 0 Å². The molecule has 2 heteroatoms. The summed E-state index contributed by atoms with van der Waals surface area (Å²) in [6.45, 7) is 0. The maximum Gasteiger partial charge on any atom is 0.0232 e. The van der Waals surface area contributed by atoms with Gasteiger partial charge < -0.3 is 5.32 Å². The summed E-state index contributed by atoms with van der Waals surface area (Å²) in [5.74, 6) is 7.98. The fourth-order valence-electron chi connectivity index (χ4n) is 1.90. The molecule has 1 saturated carbocycles. The van der Waals surface area contributed by atoms with Gasteiger partial charge in [-0.1, -0.05) is 5.92 Å². The van der Waals surface area contributed by atoms with Crippen molar-refractivity contribution in [2.45, 2.75) is 44.6 Å². The number of nitrogens with one attached hydrogen (secondary N) is 1. The minimum atomic E-state index is 0.648. The van der Waals surface area contributed by atoms with E-state index < -0.39 is 0 Å². The topological polar surface area (TPSA) is 12.0 Å². The molecular weight excluding hydrogens is 194 g/mol. The first kappa shape index (κ1) is 11.9. The monoisotopic (exact) mass is 213 g/mol. The molecule has 0 aromatic rings. The van der Waals surface area contributed by atoms with Crippen molar-refractivity contribution in [3.05, 3.63) is 0 Å². The second-order valence-corrected chi connectivity index (χ2v) is 4.33. The smallest absolute Gasteiger partial charge is 0.0232 e. The van der Waals surface area contributed by atoms with Gasteiger partial charge in [-0.3, -0.25) is 0 Å². The lowest BCUT2D eigenvalue weighted by atomic mass is 9.86. The van der Waals surface area contributed by atoms with Crippen LogP contribution in [0.1, 0.15) is 38.5 Å². The van der Waals surface area contributed by atoms with Crippen molar-refractivity contribution in [3.8, 4) is 11.8 Å². The maximum absolute atomic E-state index is 5.58. The third kappa shape index (κ3) is 4.35. The van der Waals surface area contributed by atoms with E-state index in [-0.39, 0.29) is 0 Å². The molecule has 0 aromatic heterocycles. The third-order valence-electron chi connectivity index (χ3n) is 2.88. The zero-order chi connectivity index (χ0) is 10.2. The Kier molecular flexibility index (Phi) is 6.07. The molecule has 0 aromatic carbocycles. The predicted molar refractivity (Wildman–Crippen MR) is 62.5 cm³/mol. The fourth-order valence-corrected chi connectivity index (χ4v) is 2.03. The largest absolute Gasteiger partial charge is 0.317 e. The van der Waals surface area contributed by atoms with Gasteiger partial charge in [-0.25, -0.2) is 0 Å². The molecular formula is C12H20ClN. The van der Waals surface area contributed by atoms with Gasteiger partial charge in [0.05, 0.1) is 0 Å². The normalized spacial score (nSPS) is 26.7.